The Morgan fingerprint density at radius 1 is 1.38 bits per heavy atom. The van der Waals surface area contributed by atoms with E-state index in [1.807, 2.05) is 18.2 Å². The summed E-state index contributed by atoms with van der Waals surface area (Å²) in [5.41, 5.74) is 3.23. The van der Waals surface area contributed by atoms with Crippen molar-refractivity contribution in [2.24, 2.45) is 10.5 Å². The summed E-state index contributed by atoms with van der Waals surface area (Å²) in [6, 6.07) is 5.53. The van der Waals surface area contributed by atoms with Crippen LogP contribution in [0.5, 0.6) is 0 Å². The van der Waals surface area contributed by atoms with Gasteiger partial charge in [-0.1, -0.05) is 6.07 Å². The molecule has 3 heterocycles. The Morgan fingerprint density at radius 2 is 2.14 bits per heavy atom. The number of rotatable bonds is 1. The van der Waals surface area contributed by atoms with Crippen molar-refractivity contribution in [1.29, 1.82) is 0 Å². The van der Waals surface area contributed by atoms with Gasteiger partial charge in [0.25, 0.3) is 5.91 Å². The highest BCUT2D eigenvalue weighted by molar-refractivity contribution is 6.19. The highest BCUT2D eigenvalue weighted by atomic mass is 16.5. The molecule has 21 heavy (non-hydrogen) atoms. The van der Waals surface area contributed by atoms with E-state index in [1.165, 1.54) is 7.11 Å². The summed E-state index contributed by atoms with van der Waals surface area (Å²) in [7, 11) is 1.36. The average molecular weight is 288 g/mol. The lowest BCUT2D eigenvalue weighted by Crippen LogP contribution is -2.50. The average Bonchev–Trinajstić information content (AvgIpc) is 2.85. The number of carbonyl (C=O) groups excluding carboxylic acids is 2. The minimum absolute atomic E-state index is 0.118. The smallest absolute Gasteiger partial charge is 0.409 e. The van der Waals surface area contributed by atoms with E-state index in [-0.39, 0.29) is 12.0 Å². The van der Waals surface area contributed by atoms with Crippen molar-refractivity contribution in [3.63, 3.8) is 0 Å². The topological polar surface area (TPSA) is 83.9 Å². The maximum Gasteiger partial charge on any atom is 0.409 e. The van der Waals surface area contributed by atoms with Gasteiger partial charge in [0.15, 0.2) is 0 Å². The Balaban J connectivity index is 1.85. The first-order chi connectivity index (χ1) is 10.2. The quantitative estimate of drug-likeness (QED) is 0.827. The van der Waals surface area contributed by atoms with Gasteiger partial charge in [0.05, 0.1) is 12.8 Å². The summed E-state index contributed by atoms with van der Waals surface area (Å²) in [5, 5.41) is 4.17. The molecule has 1 aromatic rings. The molecule has 0 bridgehead atoms. The van der Waals surface area contributed by atoms with Crippen molar-refractivity contribution in [2.75, 3.05) is 20.2 Å². The van der Waals surface area contributed by atoms with Gasteiger partial charge in [-0.3, -0.25) is 9.78 Å². The molecule has 0 aliphatic carbocycles. The first kappa shape index (κ1) is 13.5. The maximum atomic E-state index is 12.3. The zero-order chi connectivity index (χ0) is 14.9. The highest BCUT2D eigenvalue weighted by Crippen LogP contribution is 2.38. The van der Waals surface area contributed by atoms with Crippen LogP contribution in [-0.4, -0.2) is 47.8 Å². The predicted octanol–water partition coefficient (Wildman–Crippen LogP) is 0.764. The molecule has 0 unspecified atom stereocenters. The normalized spacial score (nSPS) is 20.1. The van der Waals surface area contributed by atoms with Crippen LogP contribution in [0, 0.1) is 5.41 Å². The van der Waals surface area contributed by atoms with Crippen molar-refractivity contribution in [1.82, 2.24) is 15.3 Å². The summed E-state index contributed by atoms with van der Waals surface area (Å²) in [4.78, 5) is 29.7. The van der Waals surface area contributed by atoms with Gasteiger partial charge < -0.3 is 9.64 Å². The maximum absolute atomic E-state index is 12.3. The molecule has 2 aliphatic rings. The van der Waals surface area contributed by atoms with Gasteiger partial charge in [-0.2, -0.15) is 5.10 Å². The van der Waals surface area contributed by atoms with E-state index in [4.69, 9.17) is 4.74 Å². The molecule has 110 valence electrons. The molecular weight excluding hydrogens is 272 g/mol. The monoisotopic (exact) mass is 288 g/mol. The van der Waals surface area contributed by atoms with Crippen LogP contribution in [0.2, 0.25) is 0 Å². The Bertz CT molecular complexity index is 591. The molecule has 0 radical (unpaired) electrons. The third-order valence-electron chi connectivity index (χ3n) is 4.11. The molecule has 2 aliphatic heterocycles. The lowest BCUT2D eigenvalue weighted by atomic mass is 9.73. The zero-order valence-corrected chi connectivity index (χ0v) is 11.7. The number of hydrogen-bond acceptors (Lipinski definition) is 5. The molecule has 1 saturated heterocycles. The molecule has 0 atom stereocenters. The van der Waals surface area contributed by atoms with E-state index in [9.17, 15) is 9.59 Å². The number of nitrogens with one attached hydrogen (secondary N) is 1. The van der Waals surface area contributed by atoms with Gasteiger partial charge in [0, 0.05) is 19.3 Å². The van der Waals surface area contributed by atoms with E-state index < -0.39 is 5.41 Å². The van der Waals surface area contributed by atoms with Crippen molar-refractivity contribution in [3.05, 3.63) is 30.1 Å². The molecule has 3 rings (SSSR count). The summed E-state index contributed by atoms with van der Waals surface area (Å²) in [5.74, 6) is -0.118. The largest absolute Gasteiger partial charge is 0.453 e. The Labute approximate surface area is 122 Å². The third-order valence-corrected chi connectivity index (χ3v) is 4.11. The number of hydrogen-bond donors (Lipinski definition) is 1. The van der Waals surface area contributed by atoms with Crippen LogP contribution in [0.15, 0.2) is 29.5 Å². The Kier molecular flexibility index (Phi) is 3.32. The van der Waals surface area contributed by atoms with E-state index in [1.54, 1.807) is 11.1 Å². The van der Waals surface area contributed by atoms with Gasteiger partial charge in [-0.05, 0) is 25.0 Å². The van der Waals surface area contributed by atoms with Crippen molar-refractivity contribution >= 4 is 17.7 Å². The number of piperidine rings is 1. The lowest BCUT2D eigenvalue weighted by Gasteiger charge is -2.37. The second-order valence-corrected chi connectivity index (χ2v) is 5.16. The molecule has 7 heteroatoms. The van der Waals surface area contributed by atoms with Gasteiger partial charge in [-0.15, -0.1) is 0 Å². The molecular formula is C14H16N4O3. The van der Waals surface area contributed by atoms with Crippen LogP contribution in [0.4, 0.5) is 4.79 Å². The Hall–Kier alpha value is -2.44. The fourth-order valence-electron chi connectivity index (χ4n) is 2.90. The van der Waals surface area contributed by atoms with Crippen molar-refractivity contribution in [2.45, 2.75) is 12.8 Å². The minimum Gasteiger partial charge on any atom is -0.453 e. The van der Waals surface area contributed by atoms with E-state index >= 15 is 0 Å². The number of methoxy groups -OCH3 is 1. The van der Waals surface area contributed by atoms with Crippen LogP contribution in [0.1, 0.15) is 18.5 Å². The fraction of sp³-hybridized carbons (Fsp3) is 0.429. The number of ether oxygens (including phenoxy) is 1. The molecule has 7 nitrogen and oxygen atoms in total. The molecule has 1 aromatic heterocycles. The molecule has 2 amide bonds. The molecule has 0 saturated carbocycles. The van der Waals surface area contributed by atoms with Crippen LogP contribution in [-0.2, 0) is 9.53 Å². The fourth-order valence-corrected chi connectivity index (χ4v) is 2.90. The SMILES string of the molecule is COC(=O)N1CCC2(CC1)C(=O)NN=C2c1ccccn1. The summed E-state index contributed by atoms with van der Waals surface area (Å²) >= 11 is 0. The predicted molar refractivity (Wildman–Crippen MR) is 74.6 cm³/mol. The third kappa shape index (κ3) is 2.14. The van der Waals surface area contributed by atoms with Gasteiger partial charge >= 0.3 is 6.09 Å². The lowest BCUT2D eigenvalue weighted by molar-refractivity contribution is -0.128. The number of nitrogens with zero attached hydrogens (tertiary/aromatic N) is 3. The standard InChI is InChI=1S/C14H16N4O3/c1-21-13(20)18-8-5-14(6-9-18)11(16-17-12(14)19)10-4-2-3-7-15-10/h2-4,7H,5-6,8-9H2,1H3,(H,17,19). The van der Waals surface area contributed by atoms with Crippen LogP contribution >= 0.6 is 0 Å². The molecule has 1 fully saturated rings. The van der Waals surface area contributed by atoms with E-state index in [2.05, 4.69) is 15.5 Å². The van der Waals surface area contributed by atoms with Gasteiger partial charge in [0.2, 0.25) is 0 Å². The second kappa shape index (κ2) is 5.16. The summed E-state index contributed by atoms with van der Waals surface area (Å²) in [6.07, 6.45) is 2.35. The number of aromatic nitrogens is 1. The molecule has 0 aromatic carbocycles. The summed E-state index contributed by atoms with van der Waals surface area (Å²) in [6.45, 7) is 0.928. The van der Waals surface area contributed by atoms with Crippen molar-refractivity contribution < 1.29 is 14.3 Å². The van der Waals surface area contributed by atoms with E-state index in [0.29, 0.717) is 37.3 Å². The van der Waals surface area contributed by atoms with Crippen LogP contribution in [0.25, 0.3) is 0 Å². The number of likely N-dealkylation sites (tertiary alicyclic amines) is 1. The number of carbonyl (C=O) groups is 2. The van der Waals surface area contributed by atoms with Crippen LogP contribution < -0.4 is 5.43 Å². The van der Waals surface area contributed by atoms with Gasteiger partial charge in [-0.25, -0.2) is 10.2 Å². The number of hydrazone groups is 1. The summed E-state index contributed by atoms with van der Waals surface area (Å²) < 4.78 is 4.72. The zero-order valence-electron chi connectivity index (χ0n) is 11.7. The molecule has 1 spiro atoms. The van der Waals surface area contributed by atoms with Crippen LogP contribution in [0.3, 0.4) is 0 Å². The number of amides is 2. The molecule has 1 N–H and O–H groups in total. The highest BCUT2D eigenvalue weighted by Gasteiger charge is 2.50. The van der Waals surface area contributed by atoms with E-state index in [0.717, 1.165) is 0 Å². The number of pyridine rings is 1. The first-order valence-electron chi connectivity index (χ1n) is 6.80. The second-order valence-electron chi connectivity index (χ2n) is 5.16. The minimum atomic E-state index is -0.696. The Morgan fingerprint density at radius 3 is 2.76 bits per heavy atom. The first-order valence-corrected chi connectivity index (χ1v) is 6.80. The van der Waals surface area contributed by atoms with Crippen molar-refractivity contribution in [3.8, 4) is 0 Å². The van der Waals surface area contributed by atoms with Gasteiger partial charge in [0.1, 0.15) is 11.1 Å².